The fourth-order valence-electron chi connectivity index (χ4n) is 1.72. The van der Waals surface area contributed by atoms with Gasteiger partial charge in [0.25, 0.3) is 0 Å². The maximum atomic E-state index is 9.32. The van der Waals surface area contributed by atoms with E-state index in [0.29, 0.717) is 6.04 Å². The Morgan fingerprint density at radius 2 is 2.17 bits per heavy atom. The van der Waals surface area contributed by atoms with Gasteiger partial charge >= 0.3 is 0 Å². The van der Waals surface area contributed by atoms with E-state index in [-0.39, 0.29) is 5.41 Å². The van der Waals surface area contributed by atoms with Gasteiger partial charge in [-0.25, -0.2) is 0 Å². The second-order valence-electron chi connectivity index (χ2n) is 4.28. The lowest BCUT2D eigenvalue weighted by Gasteiger charge is -2.42. The Morgan fingerprint density at radius 3 is 2.75 bits per heavy atom. The first-order valence-corrected chi connectivity index (χ1v) is 4.74. The highest BCUT2D eigenvalue weighted by atomic mass is 16.3. The van der Waals surface area contributed by atoms with Crippen molar-refractivity contribution in [2.75, 3.05) is 6.54 Å². The van der Waals surface area contributed by atoms with Gasteiger partial charge in [-0.2, -0.15) is 0 Å². The Morgan fingerprint density at radius 1 is 1.50 bits per heavy atom. The molecule has 0 aromatic heterocycles. The summed E-state index contributed by atoms with van der Waals surface area (Å²) < 4.78 is 0. The van der Waals surface area contributed by atoms with E-state index < -0.39 is 6.35 Å². The molecule has 0 aromatic carbocycles. The van der Waals surface area contributed by atoms with E-state index in [1.165, 1.54) is 0 Å². The van der Waals surface area contributed by atoms with E-state index in [1.807, 2.05) is 0 Å². The molecular formula is C9H20N2O. The molecule has 1 fully saturated rings. The van der Waals surface area contributed by atoms with Crippen LogP contribution in [0.5, 0.6) is 0 Å². The van der Waals surface area contributed by atoms with Crippen LogP contribution in [-0.4, -0.2) is 24.0 Å². The van der Waals surface area contributed by atoms with Crippen molar-refractivity contribution < 1.29 is 5.11 Å². The second kappa shape index (κ2) is 3.73. The zero-order chi connectivity index (χ0) is 9.19. The summed E-state index contributed by atoms with van der Waals surface area (Å²) in [4.78, 5) is 0. The normalized spacial score (nSPS) is 35.0. The molecule has 1 rings (SSSR count). The smallest absolute Gasteiger partial charge is 0.160 e. The van der Waals surface area contributed by atoms with Crippen LogP contribution in [0.25, 0.3) is 0 Å². The SMILES string of the molecule is CCCC1NC(O)NCC1(C)C. The molecule has 0 aromatic rings. The first-order chi connectivity index (χ1) is 5.56. The average molecular weight is 172 g/mol. The van der Waals surface area contributed by atoms with Crippen molar-refractivity contribution in [3.8, 4) is 0 Å². The van der Waals surface area contributed by atoms with Crippen LogP contribution in [0.1, 0.15) is 33.6 Å². The van der Waals surface area contributed by atoms with E-state index in [0.717, 1.165) is 19.4 Å². The van der Waals surface area contributed by atoms with Crippen LogP contribution in [0.15, 0.2) is 0 Å². The van der Waals surface area contributed by atoms with Gasteiger partial charge in [0.05, 0.1) is 0 Å². The number of hydrogen-bond acceptors (Lipinski definition) is 3. The third-order valence-corrected chi connectivity index (χ3v) is 2.63. The minimum Gasteiger partial charge on any atom is -0.365 e. The highest BCUT2D eigenvalue weighted by molar-refractivity contribution is 4.89. The highest BCUT2D eigenvalue weighted by Gasteiger charge is 2.34. The molecule has 1 heterocycles. The Kier molecular flexibility index (Phi) is 3.09. The van der Waals surface area contributed by atoms with Gasteiger partial charge in [-0.15, -0.1) is 0 Å². The van der Waals surface area contributed by atoms with Crippen LogP contribution < -0.4 is 10.6 Å². The summed E-state index contributed by atoms with van der Waals surface area (Å²) in [6, 6.07) is 0.429. The maximum Gasteiger partial charge on any atom is 0.160 e. The lowest BCUT2D eigenvalue weighted by atomic mass is 9.80. The monoisotopic (exact) mass is 172 g/mol. The summed E-state index contributed by atoms with van der Waals surface area (Å²) in [6.07, 6.45) is 1.77. The molecule has 3 heteroatoms. The van der Waals surface area contributed by atoms with Crippen molar-refractivity contribution in [3.05, 3.63) is 0 Å². The zero-order valence-corrected chi connectivity index (χ0v) is 8.22. The van der Waals surface area contributed by atoms with Crippen LogP contribution >= 0.6 is 0 Å². The highest BCUT2D eigenvalue weighted by Crippen LogP contribution is 2.25. The van der Waals surface area contributed by atoms with Gasteiger partial charge in [-0.3, -0.25) is 10.6 Å². The molecule has 1 aliphatic heterocycles. The van der Waals surface area contributed by atoms with Crippen LogP contribution in [-0.2, 0) is 0 Å². The Hall–Kier alpha value is -0.120. The minimum absolute atomic E-state index is 0.245. The minimum atomic E-state index is -0.519. The average Bonchev–Trinajstić information content (AvgIpc) is 1.98. The molecule has 3 nitrogen and oxygen atoms in total. The summed E-state index contributed by atoms with van der Waals surface area (Å²) in [7, 11) is 0. The van der Waals surface area contributed by atoms with E-state index in [9.17, 15) is 5.11 Å². The molecule has 0 bridgehead atoms. The molecule has 72 valence electrons. The molecule has 0 aliphatic carbocycles. The fraction of sp³-hybridized carbons (Fsp3) is 1.00. The second-order valence-corrected chi connectivity index (χ2v) is 4.28. The van der Waals surface area contributed by atoms with E-state index in [4.69, 9.17) is 0 Å². The largest absolute Gasteiger partial charge is 0.365 e. The third kappa shape index (κ3) is 2.19. The molecule has 0 spiro atoms. The molecule has 1 aliphatic rings. The maximum absolute atomic E-state index is 9.32. The quantitative estimate of drug-likeness (QED) is 0.573. The summed E-state index contributed by atoms with van der Waals surface area (Å²) in [5, 5.41) is 15.5. The molecule has 1 saturated heterocycles. The van der Waals surface area contributed by atoms with Crippen molar-refractivity contribution in [1.29, 1.82) is 0 Å². The summed E-state index contributed by atoms with van der Waals surface area (Å²) in [6.45, 7) is 7.50. The van der Waals surface area contributed by atoms with Crippen LogP contribution in [0, 0.1) is 5.41 Å². The van der Waals surface area contributed by atoms with Gasteiger partial charge in [0.1, 0.15) is 0 Å². The predicted molar refractivity (Wildman–Crippen MR) is 49.6 cm³/mol. The molecule has 0 radical (unpaired) electrons. The van der Waals surface area contributed by atoms with Gasteiger partial charge in [-0.1, -0.05) is 27.2 Å². The van der Waals surface area contributed by atoms with Gasteiger partial charge in [0.2, 0.25) is 0 Å². The number of aliphatic hydroxyl groups excluding tert-OH is 1. The number of aliphatic hydroxyl groups is 1. The summed E-state index contributed by atoms with van der Waals surface area (Å²) in [5.74, 6) is 0. The third-order valence-electron chi connectivity index (χ3n) is 2.63. The van der Waals surface area contributed by atoms with Gasteiger partial charge in [0, 0.05) is 12.6 Å². The van der Waals surface area contributed by atoms with Crippen molar-refractivity contribution in [2.45, 2.75) is 46.0 Å². The number of nitrogens with one attached hydrogen (secondary N) is 2. The lowest BCUT2D eigenvalue weighted by Crippen LogP contribution is -2.62. The molecule has 2 unspecified atom stereocenters. The Labute approximate surface area is 74.5 Å². The van der Waals surface area contributed by atoms with Gasteiger partial charge < -0.3 is 5.11 Å². The number of rotatable bonds is 2. The first-order valence-electron chi connectivity index (χ1n) is 4.74. The Balaban J connectivity index is 2.52. The standard InChI is InChI=1S/C9H20N2O/c1-4-5-7-9(2,3)6-10-8(12)11-7/h7-8,10-12H,4-6H2,1-3H3. The van der Waals surface area contributed by atoms with Crippen molar-refractivity contribution in [3.63, 3.8) is 0 Å². The predicted octanol–water partition coefficient (Wildman–Crippen LogP) is 0.650. The fourth-order valence-corrected chi connectivity index (χ4v) is 1.72. The number of hydrogen-bond donors (Lipinski definition) is 3. The van der Waals surface area contributed by atoms with Gasteiger partial charge in [-0.05, 0) is 11.8 Å². The first kappa shape index (κ1) is 9.96. The molecule has 2 atom stereocenters. The summed E-state index contributed by atoms with van der Waals surface area (Å²) >= 11 is 0. The van der Waals surface area contributed by atoms with Crippen molar-refractivity contribution >= 4 is 0 Å². The van der Waals surface area contributed by atoms with E-state index in [1.54, 1.807) is 0 Å². The molecule has 3 N–H and O–H groups in total. The van der Waals surface area contributed by atoms with Crippen molar-refractivity contribution in [1.82, 2.24) is 10.6 Å². The van der Waals surface area contributed by atoms with E-state index in [2.05, 4.69) is 31.4 Å². The summed E-state index contributed by atoms with van der Waals surface area (Å²) in [5.41, 5.74) is 0.245. The van der Waals surface area contributed by atoms with E-state index >= 15 is 0 Å². The lowest BCUT2D eigenvalue weighted by molar-refractivity contribution is 0.0113. The molecule has 0 saturated carbocycles. The molecule has 12 heavy (non-hydrogen) atoms. The topological polar surface area (TPSA) is 44.3 Å². The molecular weight excluding hydrogens is 152 g/mol. The van der Waals surface area contributed by atoms with Crippen LogP contribution in [0.4, 0.5) is 0 Å². The van der Waals surface area contributed by atoms with Crippen LogP contribution in [0.3, 0.4) is 0 Å². The van der Waals surface area contributed by atoms with Crippen molar-refractivity contribution in [2.24, 2.45) is 5.41 Å². The molecule has 0 amide bonds. The Bertz CT molecular complexity index is 147. The zero-order valence-electron chi connectivity index (χ0n) is 8.22. The van der Waals surface area contributed by atoms with Gasteiger partial charge in [0.15, 0.2) is 6.35 Å². The van der Waals surface area contributed by atoms with Crippen LogP contribution in [0.2, 0.25) is 0 Å².